The number of hydrogen-bond donors (Lipinski definition) is 1. The molecule has 2 bridgehead atoms. The van der Waals surface area contributed by atoms with Gasteiger partial charge in [0.2, 0.25) is 0 Å². The fourth-order valence-electron chi connectivity index (χ4n) is 3.11. The second kappa shape index (κ2) is 4.10. The van der Waals surface area contributed by atoms with Crippen LogP contribution in [-0.2, 0) is 9.53 Å². The molecule has 0 spiro atoms. The molecule has 1 aliphatic carbocycles. The monoisotopic (exact) mass is 213 g/mol. The molecule has 2 aliphatic heterocycles. The van der Waals surface area contributed by atoms with E-state index in [4.69, 9.17) is 9.84 Å². The van der Waals surface area contributed by atoms with Gasteiger partial charge in [-0.25, -0.2) is 0 Å². The Labute approximate surface area is 90.2 Å². The van der Waals surface area contributed by atoms with Crippen molar-refractivity contribution in [2.75, 3.05) is 20.2 Å². The largest absolute Gasteiger partial charge is 0.480 e. The van der Waals surface area contributed by atoms with Gasteiger partial charge in [-0.15, -0.1) is 0 Å². The van der Waals surface area contributed by atoms with Crippen molar-refractivity contribution in [3.8, 4) is 0 Å². The fraction of sp³-hybridized carbons (Fsp3) is 0.909. The molecule has 15 heavy (non-hydrogen) atoms. The summed E-state index contributed by atoms with van der Waals surface area (Å²) in [6, 6.07) is -0.298. The van der Waals surface area contributed by atoms with Gasteiger partial charge < -0.3 is 9.84 Å². The van der Waals surface area contributed by atoms with Crippen LogP contribution in [0.15, 0.2) is 0 Å². The van der Waals surface area contributed by atoms with Gasteiger partial charge in [0, 0.05) is 20.2 Å². The van der Waals surface area contributed by atoms with Gasteiger partial charge in [0.05, 0.1) is 6.10 Å². The topological polar surface area (TPSA) is 49.8 Å². The third-order valence-corrected chi connectivity index (χ3v) is 3.86. The fourth-order valence-corrected chi connectivity index (χ4v) is 3.11. The van der Waals surface area contributed by atoms with Crippen LogP contribution in [-0.4, -0.2) is 48.3 Å². The van der Waals surface area contributed by atoms with Gasteiger partial charge in [-0.2, -0.15) is 0 Å². The summed E-state index contributed by atoms with van der Waals surface area (Å²) in [5, 5.41) is 9.08. The Morgan fingerprint density at radius 3 is 2.53 bits per heavy atom. The molecule has 86 valence electrons. The van der Waals surface area contributed by atoms with E-state index < -0.39 is 5.97 Å². The summed E-state index contributed by atoms with van der Waals surface area (Å²) in [5.74, 6) is 0.428. The third-order valence-electron chi connectivity index (χ3n) is 3.86. The summed E-state index contributed by atoms with van der Waals surface area (Å²) in [6.07, 6.45) is 2.28. The first-order valence-electron chi connectivity index (χ1n) is 5.67. The molecule has 4 heteroatoms. The first kappa shape index (κ1) is 10.9. The van der Waals surface area contributed by atoms with E-state index in [1.54, 1.807) is 7.11 Å². The maximum atomic E-state index is 11.0. The highest BCUT2D eigenvalue weighted by Crippen LogP contribution is 2.42. The molecule has 3 fully saturated rings. The number of fused-ring (bicyclic) bond motifs is 2. The summed E-state index contributed by atoms with van der Waals surface area (Å²) in [6.45, 7) is 3.71. The number of methoxy groups -OCH3 is 1. The Kier molecular flexibility index (Phi) is 2.98. The molecule has 0 aromatic carbocycles. The zero-order valence-corrected chi connectivity index (χ0v) is 9.35. The minimum atomic E-state index is -0.687. The number of carbonyl (C=O) groups is 1. The Morgan fingerprint density at radius 2 is 2.13 bits per heavy atom. The van der Waals surface area contributed by atoms with Crippen LogP contribution in [0.25, 0.3) is 0 Å². The van der Waals surface area contributed by atoms with Crippen LogP contribution in [0, 0.1) is 11.8 Å². The van der Waals surface area contributed by atoms with Crippen molar-refractivity contribution in [2.45, 2.75) is 31.9 Å². The number of rotatable bonds is 4. The zero-order valence-electron chi connectivity index (χ0n) is 9.35. The van der Waals surface area contributed by atoms with E-state index in [1.165, 1.54) is 6.42 Å². The van der Waals surface area contributed by atoms with E-state index in [9.17, 15) is 4.79 Å². The van der Waals surface area contributed by atoms with E-state index in [0.717, 1.165) is 13.1 Å². The van der Waals surface area contributed by atoms with E-state index in [-0.39, 0.29) is 6.04 Å². The number of carboxylic acid groups (broad SMARTS) is 1. The van der Waals surface area contributed by atoms with Crippen molar-refractivity contribution in [1.29, 1.82) is 0 Å². The van der Waals surface area contributed by atoms with Gasteiger partial charge >= 0.3 is 5.97 Å². The van der Waals surface area contributed by atoms with Crippen LogP contribution in [0.2, 0.25) is 0 Å². The molecule has 1 saturated carbocycles. The summed E-state index contributed by atoms with van der Waals surface area (Å²) >= 11 is 0. The molecule has 4 nitrogen and oxygen atoms in total. The molecular formula is C11H19NO3. The maximum absolute atomic E-state index is 11.0. The highest BCUT2D eigenvalue weighted by atomic mass is 16.5. The smallest absolute Gasteiger partial charge is 0.320 e. The maximum Gasteiger partial charge on any atom is 0.320 e. The normalized spacial score (nSPS) is 37.1. The number of piperidine rings is 2. The molecule has 2 heterocycles. The van der Waals surface area contributed by atoms with Crippen LogP contribution < -0.4 is 0 Å². The lowest BCUT2D eigenvalue weighted by Crippen LogP contribution is -2.62. The number of aliphatic carboxylic acids is 1. The van der Waals surface area contributed by atoms with Crippen molar-refractivity contribution < 1.29 is 14.6 Å². The Balaban J connectivity index is 1.95. The van der Waals surface area contributed by atoms with Gasteiger partial charge in [0.15, 0.2) is 0 Å². The lowest BCUT2D eigenvalue weighted by atomic mass is 9.67. The van der Waals surface area contributed by atoms with Crippen molar-refractivity contribution in [2.24, 2.45) is 11.8 Å². The van der Waals surface area contributed by atoms with Crippen LogP contribution in [0.5, 0.6) is 0 Å². The second-order valence-electron chi connectivity index (χ2n) is 4.67. The van der Waals surface area contributed by atoms with Crippen LogP contribution in [0.4, 0.5) is 0 Å². The molecule has 3 aliphatic rings. The lowest BCUT2D eigenvalue weighted by Gasteiger charge is -2.53. The summed E-state index contributed by atoms with van der Waals surface area (Å²) in [5.41, 5.74) is 0. The average Bonchev–Trinajstić information content (AvgIpc) is 2.18. The highest BCUT2D eigenvalue weighted by Gasteiger charge is 2.48. The standard InChI is InChI=1S/C11H19NO3/c1-3-9(11(13)14)12-5-7-4-8(6-12)10(7)15-2/h7-10H,3-6H2,1-2H3,(H,13,14)/t7-,8+,9-,10?/m0/s1. The lowest BCUT2D eigenvalue weighted by molar-refractivity contribution is -0.159. The number of ether oxygens (including phenoxy) is 1. The van der Waals surface area contributed by atoms with Gasteiger partial charge in [0.25, 0.3) is 0 Å². The summed E-state index contributed by atoms with van der Waals surface area (Å²) in [4.78, 5) is 13.1. The van der Waals surface area contributed by atoms with E-state index in [2.05, 4.69) is 4.90 Å². The van der Waals surface area contributed by atoms with Gasteiger partial charge in [0.1, 0.15) is 6.04 Å². The van der Waals surface area contributed by atoms with Gasteiger partial charge in [-0.3, -0.25) is 9.69 Å². The quantitative estimate of drug-likeness (QED) is 0.751. The van der Waals surface area contributed by atoms with Gasteiger partial charge in [-0.05, 0) is 24.7 Å². The molecular weight excluding hydrogens is 194 g/mol. The molecule has 1 unspecified atom stereocenters. The van der Waals surface area contributed by atoms with E-state index in [1.807, 2.05) is 6.92 Å². The second-order valence-corrected chi connectivity index (χ2v) is 4.67. The minimum absolute atomic E-state index is 0.298. The highest BCUT2D eigenvalue weighted by molar-refractivity contribution is 5.73. The molecule has 1 N–H and O–H groups in total. The van der Waals surface area contributed by atoms with E-state index in [0.29, 0.717) is 24.4 Å². The van der Waals surface area contributed by atoms with Crippen LogP contribution in [0.3, 0.4) is 0 Å². The van der Waals surface area contributed by atoms with Crippen LogP contribution in [0.1, 0.15) is 19.8 Å². The van der Waals surface area contributed by atoms with Crippen molar-refractivity contribution in [1.82, 2.24) is 4.90 Å². The predicted octanol–water partition coefficient (Wildman–Crippen LogP) is 0.816. The van der Waals surface area contributed by atoms with Crippen LogP contribution >= 0.6 is 0 Å². The first-order chi connectivity index (χ1) is 7.17. The third kappa shape index (κ3) is 1.76. The minimum Gasteiger partial charge on any atom is -0.480 e. The van der Waals surface area contributed by atoms with E-state index >= 15 is 0 Å². The number of carboxylic acids is 1. The summed E-state index contributed by atoms with van der Waals surface area (Å²) in [7, 11) is 1.76. The zero-order chi connectivity index (χ0) is 11.0. The molecule has 2 saturated heterocycles. The van der Waals surface area contributed by atoms with Gasteiger partial charge in [-0.1, -0.05) is 6.92 Å². The molecule has 0 radical (unpaired) electrons. The molecule has 0 aromatic heterocycles. The number of nitrogens with zero attached hydrogens (tertiary/aromatic N) is 1. The number of hydrogen-bond acceptors (Lipinski definition) is 3. The molecule has 0 amide bonds. The Bertz CT molecular complexity index is 244. The molecule has 3 rings (SSSR count). The van der Waals surface area contributed by atoms with Crippen molar-refractivity contribution >= 4 is 5.97 Å². The first-order valence-corrected chi connectivity index (χ1v) is 5.67. The van der Waals surface area contributed by atoms with Crippen molar-refractivity contribution in [3.05, 3.63) is 0 Å². The summed E-state index contributed by atoms with van der Waals surface area (Å²) < 4.78 is 5.40. The molecule has 4 atom stereocenters. The Morgan fingerprint density at radius 1 is 1.53 bits per heavy atom. The molecule has 0 aromatic rings. The predicted molar refractivity (Wildman–Crippen MR) is 55.7 cm³/mol. The van der Waals surface area contributed by atoms with Crippen molar-refractivity contribution in [3.63, 3.8) is 0 Å². The SMILES string of the molecule is CC[C@@H](C(=O)O)N1C[C@H]2C[C@@H](C1)C2OC. The Hall–Kier alpha value is -0.610. The average molecular weight is 213 g/mol.